The predicted molar refractivity (Wildman–Crippen MR) is 97.4 cm³/mol. The fourth-order valence-corrected chi connectivity index (χ4v) is 3.22. The first kappa shape index (κ1) is 22.5. The molecule has 0 radical (unpaired) electrons. The number of aliphatic hydroxyl groups excluding tert-OH is 2. The summed E-state index contributed by atoms with van der Waals surface area (Å²) in [4.78, 5) is 33.5. The highest BCUT2D eigenvalue weighted by Gasteiger charge is 2.49. The Morgan fingerprint density at radius 3 is 2.83 bits per heavy atom. The predicted octanol–water partition coefficient (Wildman–Crippen LogP) is -2.34. The van der Waals surface area contributed by atoms with Crippen LogP contribution in [-0.4, -0.2) is 85.3 Å². The van der Waals surface area contributed by atoms with Crippen LogP contribution in [0.2, 0.25) is 0 Å². The maximum Gasteiger partial charge on any atom is 0.472 e. The van der Waals surface area contributed by atoms with Gasteiger partial charge >= 0.3 is 13.8 Å². The molecule has 30 heavy (non-hydrogen) atoms. The van der Waals surface area contributed by atoms with Crippen molar-refractivity contribution < 1.29 is 43.0 Å². The lowest BCUT2D eigenvalue weighted by molar-refractivity contribution is -0.161. The van der Waals surface area contributed by atoms with Crippen LogP contribution in [0.4, 0.5) is 5.82 Å². The fraction of sp³-hybridized carbons (Fsp3) is 0.571. The molecule has 1 aliphatic rings. The zero-order valence-corrected chi connectivity index (χ0v) is 16.5. The Kier molecular flexibility index (Phi) is 6.64. The van der Waals surface area contributed by atoms with Crippen LogP contribution < -0.4 is 11.5 Å². The number of fused-ring (bicyclic) bond motifs is 1. The molecule has 3 heterocycles. The van der Waals surface area contributed by atoms with Crippen LogP contribution in [0.1, 0.15) is 6.23 Å². The van der Waals surface area contributed by atoms with Gasteiger partial charge < -0.3 is 36.0 Å². The molecule has 1 fully saturated rings. The summed E-state index contributed by atoms with van der Waals surface area (Å²) in [6.07, 6.45) is -2.76. The number of aromatic nitrogens is 4. The maximum absolute atomic E-state index is 12.1. The number of ether oxygens (including phenoxy) is 2. The van der Waals surface area contributed by atoms with Crippen molar-refractivity contribution in [1.29, 1.82) is 0 Å². The molecule has 1 saturated heterocycles. The molecule has 2 aromatic heterocycles. The first-order valence-corrected chi connectivity index (χ1v) is 10.0. The molecule has 2 aromatic rings. The van der Waals surface area contributed by atoms with E-state index in [9.17, 15) is 19.4 Å². The Morgan fingerprint density at radius 2 is 2.17 bits per heavy atom. The van der Waals surface area contributed by atoms with Crippen LogP contribution in [0, 0.1) is 0 Å². The van der Waals surface area contributed by atoms with Crippen molar-refractivity contribution in [2.24, 2.45) is 5.73 Å². The summed E-state index contributed by atoms with van der Waals surface area (Å²) in [7, 11) is -3.38. The molecule has 0 bridgehead atoms. The first-order valence-electron chi connectivity index (χ1n) is 8.55. The van der Waals surface area contributed by atoms with Gasteiger partial charge in [-0.3, -0.25) is 18.4 Å². The molecule has 16 heteroatoms. The second-order valence-corrected chi connectivity index (χ2v) is 7.84. The third kappa shape index (κ3) is 4.43. The van der Waals surface area contributed by atoms with Crippen molar-refractivity contribution >= 4 is 30.8 Å². The van der Waals surface area contributed by atoms with Gasteiger partial charge in [0.05, 0.1) is 19.5 Å². The van der Waals surface area contributed by atoms with Crippen LogP contribution in [0.5, 0.6) is 0 Å². The molecule has 15 nitrogen and oxygen atoms in total. The highest BCUT2D eigenvalue weighted by Crippen LogP contribution is 2.43. The van der Waals surface area contributed by atoms with Gasteiger partial charge in [0.2, 0.25) is 0 Å². The van der Waals surface area contributed by atoms with Crippen LogP contribution in [0.3, 0.4) is 0 Å². The minimum Gasteiger partial charge on any atom is -0.453 e. The van der Waals surface area contributed by atoms with Crippen LogP contribution in [0.15, 0.2) is 12.7 Å². The van der Waals surface area contributed by atoms with Gasteiger partial charge in [-0.25, -0.2) is 19.5 Å². The van der Waals surface area contributed by atoms with Gasteiger partial charge in [-0.05, 0) is 0 Å². The van der Waals surface area contributed by atoms with Gasteiger partial charge in [-0.15, -0.1) is 0 Å². The summed E-state index contributed by atoms with van der Waals surface area (Å²) in [5.74, 6) is -0.908. The molecule has 1 aliphatic heterocycles. The Balaban J connectivity index is 1.91. The summed E-state index contributed by atoms with van der Waals surface area (Å²) in [6, 6.07) is -1.35. The van der Waals surface area contributed by atoms with Gasteiger partial charge in [-0.1, -0.05) is 0 Å². The van der Waals surface area contributed by atoms with Gasteiger partial charge in [0.25, 0.3) is 0 Å². The second-order valence-electron chi connectivity index (χ2n) is 6.28. The fourth-order valence-electron chi connectivity index (χ4n) is 2.78. The molecule has 7 N–H and O–H groups in total. The topological polar surface area (TPSA) is 227 Å². The number of esters is 1. The number of phosphoric acid groups is 1. The molecule has 0 spiro atoms. The number of hydrogen-bond donors (Lipinski definition) is 5. The number of anilines is 1. The summed E-state index contributed by atoms with van der Waals surface area (Å²) in [5.41, 5.74) is 11.7. The van der Waals surface area contributed by atoms with Gasteiger partial charge in [0.1, 0.15) is 30.1 Å². The Bertz CT molecular complexity index is 957. The Morgan fingerprint density at radius 1 is 1.43 bits per heavy atom. The summed E-state index contributed by atoms with van der Waals surface area (Å²) in [6.45, 7) is -1.25. The molecule has 0 amide bonds. The largest absolute Gasteiger partial charge is 0.472 e. The van der Waals surface area contributed by atoms with E-state index in [2.05, 4.69) is 19.5 Å². The number of phosphoric ester groups is 1. The molecule has 1 unspecified atom stereocenters. The third-order valence-electron chi connectivity index (χ3n) is 4.36. The standard InChI is InChI=1S/C14H21N6O9P/c1-26-30(24,25)27-3-7-9(22)10(29-14(23)6(15)2-21)13(28-7)20-5-19-8-11(16)17-4-18-12(8)20/h4-7,9-10,13,21-22H,2-3,15H2,1H3,(H,24,25)(H2,16,17,18)/t6-,7-,9-,10-,13-/m1/s1. The summed E-state index contributed by atoms with van der Waals surface area (Å²) in [5, 5.41) is 19.7. The average molecular weight is 448 g/mol. The number of aliphatic hydroxyl groups is 2. The Labute approximate surface area is 169 Å². The highest BCUT2D eigenvalue weighted by atomic mass is 31.2. The molecule has 0 aromatic carbocycles. The number of rotatable bonds is 8. The molecular formula is C14H21N6O9P. The highest BCUT2D eigenvalue weighted by molar-refractivity contribution is 7.47. The van der Waals surface area contributed by atoms with Crippen molar-refractivity contribution in [3.8, 4) is 0 Å². The van der Waals surface area contributed by atoms with E-state index in [1.165, 1.54) is 17.2 Å². The van der Waals surface area contributed by atoms with E-state index in [-0.39, 0.29) is 17.0 Å². The molecule has 166 valence electrons. The van der Waals surface area contributed by atoms with E-state index in [0.717, 1.165) is 7.11 Å². The number of imidazole rings is 1. The molecule has 6 atom stereocenters. The average Bonchev–Trinajstić information content (AvgIpc) is 3.28. The summed E-state index contributed by atoms with van der Waals surface area (Å²) >= 11 is 0. The number of hydrogen-bond acceptors (Lipinski definition) is 13. The lowest BCUT2D eigenvalue weighted by Gasteiger charge is -2.23. The van der Waals surface area contributed by atoms with Crippen molar-refractivity contribution in [1.82, 2.24) is 19.5 Å². The summed E-state index contributed by atoms with van der Waals surface area (Å²) < 4.78 is 32.9. The van der Waals surface area contributed by atoms with E-state index in [1.54, 1.807) is 0 Å². The van der Waals surface area contributed by atoms with Gasteiger partial charge in [0, 0.05) is 7.11 Å². The quantitative estimate of drug-likeness (QED) is 0.211. The maximum atomic E-state index is 12.1. The lowest BCUT2D eigenvalue weighted by Crippen LogP contribution is -2.43. The van der Waals surface area contributed by atoms with E-state index in [4.69, 9.17) is 30.6 Å². The third-order valence-corrected chi connectivity index (χ3v) is 5.30. The van der Waals surface area contributed by atoms with E-state index >= 15 is 0 Å². The van der Waals surface area contributed by atoms with Crippen molar-refractivity contribution in [3.05, 3.63) is 12.7 Å². The van der Waals surface area contributed by atoms with Crippen LogP contribution in [-0.2, 0) is 27.9 Å². The molecule has 3 rings (SSSR count). The first-order chi connectivity index (χ1) is 14.2. The zero-order valence-electron chi connectivity index (χ0n) is 15.6. The van der Waals surface area contributed by atoms with Gasteiger partial charge in [-0.2, -0.15) is 0 Å². The number of nitrogen functional groups attached to an aromatic ring is 1. The molecule has 0 aliphatic carbocycles. The van der Waals surface area contributed by atoms with Crippen molar-refractivity contribution in [2.75, 3.05) is 26.1 Å². The normalized spacial score (nSPS) is 27.1. The number of nitrogens with two attached hydrogens (primary N) is 2. The lowest BCUT2D eigenvalue weighted by atomic mass is 10.1. The molecular weight excluding hydrogens is 427 g/mol. The monoisotopic (exact) mass is 448 g/mol. The zero-order chi connectivity index (χ0) is 22.1. The van der Waals surface area contributed by atoms with Crippen LogP contribution >= 0.6 is 7.82 Å². The minimum atomic E-state index is -4.35. The van der Waals surface area contributed by atoms with E-state index in [0.29, 0.717) is 0 Å². The smallest absolute Gasteiger partial charge is 0.453 e. The Hall–Kier alpha value is -2.23. The number of carbonyl (C=O) groups is 1. The molecule has 0 saturated carbocycles. The van der Waals surface area contributed by atoms with Crippen LogP contribution in [0.25, 0.3) is 11.2 Å². The van der Waals surface area contributed by atoms with Crippen molar-refractivity contribution in [2.45, 2.75) is 30.6 Å². The van der Waals surface area contributed by atoms with E-state index < -0.39 is 57.6 Å². The van der Waals surface area contributed by atoms with Crippen molar-refractivity contribution in [3.63, 3.8) is 0 Å². The SMILES string of the molecule is COP(=O)(O)OC[C@H]1O[C@@H](n2cnc3c(N)ncnc32)[C@H](OC(=O)[C@H](N)CO)[C@@H]1O. The van der Waals surface area contributed by atoms with E-state index in [1.807, 2.05) is 0 Å². The number of carbonyl (C=O) groups excluding carboxylic acids is 1. The minimum absolute atomic E-state index is 0.0920. The van der Waals surface area contributed by atoms with Gasteiger partial charge in [0.15, 0.2) is 23.8 Å². The number of nitrogens with zero attached hydrogens (tertiary/aromatic N) is 4. The second kappa shape index (κ2) is 8.87.